The summed E-state index contributed by atoms with van der Waals surface area (Å²) in [6.07, 6.45) is 4.88. The zero-order valence-electron chi connectivity index (χ0n) is 12.2. The third-order valence-corrected chi connectivity index (χ3v) is 4.61. The van der Waals surface area contributed by atoms with E-state index in [4.69, 9.17) is 5.11 Å². The number of fused-ring (bicyclic) bond motifs is 3. The fourth-order valence-corrected chi connectivity index (χ4v) is 3.46. The molecule has 3 rings (SSSR count). The van der Waals surface area contributed by atoms with Crippen molar-refractivity contribution in [2.75, 3.05) is 0 Å². The van der Waals surface area contributed by atoms with Gasteiger partial charge in [0.15, 0.2) is 0 Å². The van der Waals surface area contributed by atoms with Gasteiger partial charge in [0.2, 0.25) is 0 Å². The second kappa shape index (κ2) is 4.97. The van der Waals surface area contributed by atoms with E-state index >= 15 is 0 Å². The SMILES string of the molecule is Cc1ccc2c3c(n(CCC(=O)O)c2c1C)CCCC3. The van der Waals surface area contributed by atoms with Gasteiger partial charge in [-0.3, -0.25) is 4.79 Å². The van der Waals surface area contributed by atoms with Crippen molar-refractivity contribution in [2.24, 2.45) is 0 Å². The number of rotatable bonds is 3. The highest BCUT2D eigenvalue weighted by Gasteiger charge is 2.21. The van der Waals surface area contributed by atoms with E-state index in [1.165, 1.54) is 46.1 Å². The number of nitrogens with zero attached hydrogens (tertiary/aromatic N) is 1. The predicted molar refractivity (Wildman–Crippen MR) is 80.3 cm³/mol. The van der Waals surface area contributed by atoms with Crippen molar-refractivity contribution in [3.8, 4) is 0 Å². The number of hydrogen-bond acceptors (Lipinski definition) is 1. The lowest BCUT2D eigenvalue weighted by Crippen LogP contribution is -2.11. The minimum Gasteiger partial charge on any atom is -0.481 e. The van der Waals surface area contributed by atoms with Crippen LogP contribution in [-0.2, 0) is 24.2 Å². The number of aliphatic carboxylic acids is 1. The Kier molecular flexibility index (Phi) is 3.28. The Bertz CT molecular complexity index is 682. The smallest absolute Gasteiger partial charge is 0.305 e. The van der Waals surface area contributed by atoms with E-state index in [1.54, 1.807) is 0 Å². The van der Waals surface area contributed by atoms with Crippen LogP contribution in [0.3, 0.4) is 0 Å². The van der Waals surface area contributed by atoms with Gasteiger partial charge in [-0.05, 0) is 56.2 Å². The van der Waals surface area contributed by atoms with Crippen LogP contribution >= 0.6 is 0 Å². The lowest BCUT2D eigenvalue weighted by molar-refractivity contribution is -0.137. The van der Waals surface area contributed by atoms with Gasteiger partial charge >= 0.3 is 5.97 Å². The Balaban J connectivity index is 2.23. The Morgan fingerprint density at radius 1 is 1.25 bits per heavy atom. The molecule has 0 saturated heterocycles. The van der Waals surface area contributed by atoms with Gasteiger partial charge in [-0.25, -0.2) is 0 Å². The minimum atomic E-state index is -0.721. The van der Waals surface area contributed by atoms with Gasteiger partial charge in [0.1, 0.15) is 0 Å². The second-order valence-electron chi connectivity index (χ2n) is 5.83. The standard InChI is InChI=1S/C17H21NO2/c1-11-7-8-14-13-5-3-4-6-15(13)18(10-9-16(19)20)17(14)12(11)2/h7-8H,3-6,9-10H2,1-2H3,(H,19,20). The van der Waals surface area contributed by atoms with Gasteiger partial charge in [-0.15, -0.1) is 0 Å². The summed E-state index contributed by atoms with van der Waals surface area (Å²) < 4.78 is 2.28. The van der Waals surface area contributed by atoms with E-state index in [0.717, 1.165) is 12.8 Å². The van der Waals surface area contributed by atoms with Crippen LogP contribution in [0.25, 0.3) is 10.9 Å². The maximum Gasteiger partial charge on any atom is 0.305 e. The van der Waals surface area contributed by atoms with Crippen molar-refractivity contribution in [3.63, 3.8) is 0 Å². The number of carbonyl (C=O) groups is 1. The number of aryl methyl sites for hydroxylation is 4. The molecule has 0 atom stereocenters. The van der Waals surface area contributed by atoms with E-state index < -0.39 is 5.97 Å². The second-order valence-corrected chi connectivity index (χ2v) is 5.83. The van der Waals surface area contributed by atoms with Gasteiger partial charge in [-0.2, -0.15) is 0 Å². The molecule has 0 unspecified atom stereocenters. The van der Waals surface area contributed by atoms with Crippen molar-refractivity contribution in [1.29, 1.82) is 0 Å². The van der Waals surface area contributed by atoms with E-state index in [1.807, 2.05) is 0 Å². The number of carboxylic acid groups (broad SMARTS) is 1. The van der Waals surface area contributed by atoms with Gasteiger partial charge in [0, 0.05) is 17.6 Å². The molecule has 0 spiro atoms. The molecular formula is C17H21NO2. The molecule has 1 heterocycles. The molecule has 3 heteroatoms. The third kappa shape index (κ3) is 2.01. The molecule has 0 fully saturated rings. The molecule has 106 valence electrons. The van der Waals surface area contributed by atoms with Gasteiger partial charge in [-0.1, -0.05) is 12.1 Å². The number of hydrogen-bond donors (Lipinski definition) is 1. The van der Waals surface area contributed by atoms with Gasteiger partial charge < -0.3 is 9.67 Å². The quantitative estimate of drug-likeness (QED) is 0.926. The molecule has 0 aliphatic heterocycles. The molecule has 0 amide bonds. The van der Waals surface area contributed by atoms with Crippen LogP contribution in [0.15, 0.2) is 12.1 Å². The van der Waals surface area contributed by atoms with Crippen LogP contribution in [0.4, 0.5) is 0 Å². The number of carboxylic acids is 1. The molecule has 3 nitrogen and oxygen atoms in total. The highest BCUT2D eigenvalue weighted by molar-refractivity contribution is 5.89. The maximum absolute atomic E-state index is 10.9. The molecule has 20 heavy (non-hydrogen) atoms. The Labute approximate surface area is 119 Å². The summed E-state index contributed by atoms with van der Waals surface area (Å²) in [5.74, 6) is -0.721. The summed E-state index contributed by atoms with van der Waals surface area (Å²) in [5, 5.41) is 10.3. The average molecular weight is 271 g/mol. The minimum absolute atomic E-state index is 0.198. The molecule has 2 aromatic rings. The summed E-state index contributed by atoms with van der Waals surface area (Å²) in [6.45, 7) is 4.87. The van der Waals surface area contributed by atoms with E-state index in [9.17, 15) is 4.79 Å². The van der Waals surface area contributed by atoms with Crippen LogP contribution < -0.4 is 0 Å². The summed E-state index contributed by atoms with van der Waals surface area (Å²) >= 11 is 0. The van der Waals surface area contributed by atoms with Crippen LogP contribution in [0, 0.1) is 13.8 Å². The first-order valence-electron chi connectivity index (χ1n) is 7.41. The third-order valence-electron chi connectivity index (χ3n) is 4.61. The molecule has 0 saturated carbocycles. The Morgan fingerprint density at radius 3 is 2.75 bits per heavy atom. The van der Waals surface area contributed by atoms with Gasteiger partial charge in [0.05, 0.1) is 11.9 Å². The molecule has 0 bridgehead atoms. The molecular weight excluding hydrogens is 250 g/mol. The highest BCUT2D eigenvalue weighted by atomic mass is 16.4. The van der Waals surface area contributed by atoms with Crippen molar-refractivity contribution in [1.82, 2.24) is 4.57 Å². The number of benzene rings is 1. The fraction of sp³-hybridized carbons (Fsp3) is 0.471. The Hall–Kier alpha value is -1.77. The first kappa shape index (κ1) is 13.2. The van der Waals surface area contributed by atoms with Crippen molar-refractivity contribution in [2.45, 2.75) is 52.5 Å². The van der Waals surface area contributed by atoms with Crippen LogP contribution in [-0.4, -0.2) is 15.6 Å². The lowest BCUT2D eigenvalue weighted by Gasteiger charge is -2.15. The van der Waals surface area contributed by atoms with E-state index in [2.05, 4.69) is 30.5 Å². The zero-order chi connectivity index (χ0) is 14.3. The summed E-state index contributed by atoms with van der Waals surface area (Å²) in [7, 11) is 0. The Morgan fingerprint density at radius 2 is 2.00 bits per heavy atom. The average Bonchev–Trinajstić information content (AvgIpc) is 2.75. The van der Waals surface area contributed by atoms with Crippen LogP contribution in [0.2, 0.25) is 0 Å². The van der Waals surface area contributed by atoms with Crippen molar-refractivity contribution >= 4 is 16.9 Å². The molecule has 0 radical (unpaired) electrons. The van der Waals surface area contributed by atoms with Crippen LogP contribution in [0.5, 0.6) is 0 Å². The monoisotopic (exact) mass is 271 g/mol. The topological polar surface area (TPSA) is 42.2 Å². The molecule has 1 aromatic carbocycles. The maximum atomic E-state index is 10.9. The molecule has 1 aliphatic carbocycles. The largest absolute Gasteiger partial charge is 0.481 e. The van der Waals surface area contributed by atoms with Crippen molar-refractivity contribution < 1.29 is 9.90 Å². The number of aromatic nitrogens is 1. The highest BCUT2D eigenvalue weighted by Crippen LogP contribution is 2.34. The summed E-state index contributed by atoms with van der Waals surface area (Å²) in [5.41, 5.74) is 6.67. The normalized spacial score (nSPS) is 14.5. The summed E-state index contributed by atoms with van der Waals surface area (Å²) in [4.78, 5) is 10.9. The van der Waals surface area contributed by atoms with E-state index in [-0.39, 0.29) is 6.42 Å². The van der Waals surface area contributed by atoms with E-state index in [0.29, 0.717) is 6.54 Å². The van der Waals surface area contributed by atoms with Gasteiger partial charge in [0.25, 0.3) is 0 Å². The molecule has 1 aromatic heterocycles. The van der Waals surface area contributed by atoms with Crippen LogP contribution in [0.1, 0.15) is 41.6 Å². The lowest BCUT2D eigenvalue weighted by atomic mass is 9.94. The fourth-order valence-electron chi connectivity index (χ4n) is 3.46. The summed E-state index contributed by atoms with van der Waals surface area (Å²) in [6, 6.07) is 4.41. The van der Waals surface area contributed by atoms with Crippen molar-refractivity contribution in [3.05, 3.63) is 34.5 Å². The first-order valence-corrected chi connectivity index (χ1v) is 7.41. The molecule has 1 N–H and O–H groups in total. The predicted octanol–water partition coefficient (Wildman–Crippen LogP) is 3.61. The molecule has 1 aliphatic rings. The zero-order valence-corrected chi connectivity index (χ0v) is 12.2. The first-order chi connectivity index (χ1) is 9.59.